The Morgan fingerprint density at radius 2 is 2.13 bits per heavy atom. The average Bonchev–Trinajstić information content (AvgIpc) is 2.27. The highest BCUT2D eigenvalue weighted by atomic mass is 127. The first-order chi connectivity index (χ1) is 7.08. The molecule has 0 unspecified atom stereocenters. The van der Waals surface area contributed by atoms with Gasteiger partial charge in [-0.15, -0.1) is 0 Å². The van der Waals surface area contributed by atoms with Crippen LogP contribution >= 0.6 is 22.9 Å². The van der Waals surface area contributed by atoms with Gasteiger partial charge in [-0.25, -0.2) is 4.39 Å². The Morgan fingerprint density at radius 1 is 1.40 bits per heavy atom. The van der Waals surface area contributed by atoms with Crippen molar-refractivity contribution < 1.29 is 9.18 Å². The molecule has 0 atom stereocenters. The number of amides is 1. The third kappa shape index (κ3) is 2.12. The first kappa shape index (κ1) is 10.8. The number of anilines is 1. The molecule has 1 aromatic carbocycles. The van der Waals surface area contributed by atoms with Crippen molar-refractivity contribution in [1.82, 2.24) is 4.90 Å². The van der Waals surface area contributed by atoms with Crippen molar-refractivity contribution in [3.63, 3.8) is 0 Å². The van der Waals surface area contributed by atoms with Gasteiger partial charge in [0, 0.05) is 6.54 Å². The minimum absolute atomic E-state index is 0.0255. The molecule has 3 nitrogen and oxygen atoms in total. The van der Waals surface area contributed by atoms with Crippen molar-refractivity contribution in [1.29, 1.82) is 0 Å². The van der Waals surface area contributed by atoms with E-state index in [0.717, 1.165) is 5.56 Å². The maximum Gasteiger partial charge on any atom is 0.250 e. The second-order valence-electron chi connectivity index (χ2n) is 3.62. The lowest BCUT2D eigenvalue weighted by atomic mass is 10.1. The van der Waals surface area contributed by atoms with Crippen LogP contribution in [0, 0.1) is 5.82 Å². The van der Waals surface area contributed by atoms with Crippen LogP contribution in [-0.2, 0) is 11.3 Å². The Balaban J connectivity index is 2.50. The summed E-state index contributed by atoms with van der Waals surface area (Å²) in [6.45, 7) is 1.03. The second-order valence-corrected chi connectivity index (χ2v) is 4.58. The molecule has 0 radical (unpaired) electrons. The molecule has 1 aliphatic rings. The fourth-order valence-corrected chi connectivity index (χ4v) is 2.23. The van der Waals surface area contributed by atoms with Crippen LogP contribution in [0.2, 0.25) is 0 Å². The highest BCUT2D eigenvalue weighted by Crippen LogP contribution is 2.28. The van der Waals surface area contributed by atoms with Crippen molar-refractivity contribution in [2.75, 3.05) is 16.7 Å². The van der Waals surface area contributed by atoms with Gasteiger partial charge in [-0.3, -0.25) is 12.8 Å². The van der Waals surface area contributed by atoms with Crippen LogP contribution in [0.1, 0.15) is 5.56 Å². The smallest absolute Gasteiger partial charge is 0.250 e. The summed E-state index contributed by atoms with van der Waals surface area (Å²) >= 11 is 1.92. The van der Waals surface area contributed by atoms with Crippen LogP contribution in [-0.4, -0.2) is 24.4 Å². The van der Waals surface area contributed by atoms with E-state index in [9.17, 15) is 9.18 Å². The largest absolute Gasteiger partial charge is 0.293 e. The van der Waals surface area contributed by atoms with Crippen LogP contribution in [0.4, 0.5) is 10.1 Å². The molecule has 80 valence electrons. The third-order valence-electron chi connectivity index (χ3n) is 2.32. The molecule has 5 heteroatoms. The van der Waals surface area contributed by atoms with Crippen molar-refractivity contribution in [2.45, 2.75) is 6.54 Å². The first-order valence-corrected chi connectivity index (χ1v) is 5.50. The monoisotopic (exact) mass is 320 g/mol. The predicted molar refractivity (Wildman–Crippen MR) is 64.2 cm³/mol. The van der Waals surface area contributed by atoms with Crippen molar-refractivity contribution in [3.8, 4) is 0 Å². The fraction of sp³-hybridized carbons (Fsp3) is 0.300. The number of nitrogens with zero attached hydrogens (tertiary/aromatic N) is 2. The summed E-state index contributed by atoms with van der Waals surface area (Å²) in [5.41, 5.74) is 1.63. The van der Waals surface area contributed by atoms with Crippen LogP contribution in [0.5, 0.6) is 0 Å². The van der Waals surface area contributed by atoms with Crippen molar-refractivity contribution >= 4 is 34.5 Å². The summed E-state index contributed by atoms with van der Waals surface area (Å²) < 4.78 is 14.6. The third-order valence-corrected chi connectivity index (χ3v) is 3.38. The molecule has 15 heavy (non-hydrogen) atoms. The Hall–Kier alpha value is -0.690. The normalized spacial score (nSPS) is 17.5. The topological polar surface area (TPSA) is 23.6 Å². The van der Waals surface area contributed by atoms with E-state index >= 15 is 0 Å². The maximum absolute atomic E-state index is 13.1. The van der Waals surface area contributed by atoms with E-state index in [0.29, 0.717) is 18.8 Å². The van der Waals surface area contributed by atoms with E-state index in [2.05, 4.69) is 0 Å². The number of carbonyl (C=O) groups is 1. The van der Waals surface area contributed by atoms with Gasteiger partial charge in [0.15, 0.2) is 0 Å². The molecule has 1 heterocycles. The zero-order valence-electron chi connectivity index (χ0n) is 8.20. The summed E-state index contributed by atoms with van der Waals surface area (Å²) in [6.07, 6.45) is 0. The standard InChI is InChI=1S/C10H10FIN2O/c1-13-5-7-2-3-8(11)4-9(7)14(12)10(15)6-13/h2-4H,5-6H2,1H3. The lowest BCUT2D eigenvalue weighted by molar-refractivity contribution is -0.117. The molecule has 2 rings (SSSR count). The summed E-state index contributed by atoms with van der Waals surface area (Å²) in [5, 5.41) is 0. The zero-order chi connectivity index (χ0) is 11.0. The highest BCUT2D eigenvalue weighted by Gasteiger charge is 2.23. The Labute approximate surface area is 101 Å². The molecular formula is C10H10FIN2O. The number of benzene rings is 1. The number of hydrogen-bond acceptors (Lipinski definition) is 2. The van der Waals surface area contributed by atoms with Gasteiger partial charge >= 0.3 is 0 Å². The fourth-order valence-electron chi connectivity index (χ4n) is 1.63. The molecule has 0 aromatic heterocycles. The Kier molecular flexibility index (Phi) is 2.92. The summed E-state index contributed by atoms with van der Waals surface area (Å²) in [6, 6.07) is 4.55. The molecule has 1 aliphatic heterocycles. The lowest BCUT2D eigenvalue weighted by Gasteiger charge is -2.13. The molecule has 0 fully saturated rings. The molecule has 0 saturated heterocycles. The van der Waals surface area contributed by atoms with Gasteiger partial charge in [0.25, 0.3) is 0 Å². The van der Waals surface area contributed by atoms with Gasteiger partial charge in [0.1, 0.15) is 5.82 Å². The van der Waals surface area contributed by atoms with E-state index in [1.54, 1.807) is 6.07 Å². The zero-order valence-corrected chi connectivity index (χ0v) is 10.4. The molecule has 0 bridgehead atoms. The summed E-state index contributed by atoms with van der Waals surface area (Å²) in [7, 11) is 1.88. The van der Waals surface area contributed by atoms with Gasteiger partial charge in [0.2, 0.25) is 5.91 Å². The number of halogens is 2. The van der Waals surface area contributed by atoms with Gasteiger partial charge in [-0.1, -0.05) is 6.07 Å². The molecular weight excluding hydrogens is 310 g/mol. The minimum atomic E-state index is -0.312. The molecule has 0 aliphatic carbocycles. The summed E-state index contributed by atoms with van der Waals surface area (Å²) in [5.74, 6) is -0.338. The van der Waals surface area contributed by atoms with E-state index in [4.69, 9.17) is 0 Å². The maximum atomic E-state index is 13.1. The average molecular weight is 320 g/mol. The summed E-state index contributed by atoms with van der Waals surface area (Å²) in [4.78, 5) is 13.6. The van der Waals surface area contributed by atoms with Gasteiger partial charge in [0.05, 0.1) is 35.1 Å². The van der Waals surface area contributed by atoms with Crippen LogP contribution < -0.4 is 3.11 Å². The van der Waals surface area contributed by atoms with E-state index in [1.165, 1.54) is 15.2 Å². The number of carbonyl (C=O) groups excluding carboxylic acids is 1. The molecule has 0 spiro atoms. The predicted octanol–water partition coefficient (Wildman–Crippen LogP) is 1.95. The number of rotatable bonds is 0. The molecule has 0 N–H and O–H groups in total. The number of fused-ring (bicyclic) bond motifs is 1. The van der Waals surface area contributed by atoms with Crippen molar-refractivity contribution in [2.24, 2.45) is 0 Å². The first-order valence-electron chi connectivity index (χ1n) is 4.53. The Morgan fingerprint density at radius 3 is 2.87 bits per heavy atom. The number of hydrogen-bond donors (Lipinski definition) is 0. The molecule has 1 aromatic rings. The minimum Gasteiger partial charge on any atom is -0.293 e. The quantitative estimate of drug-likeness (QED) is 0.539. The number of likely N-dealkylation sites (N-methyl/N-ethyl adjacent to an activating group) is 1. The SMILES string of the molecule is CN1CC(=O)N(I)c2cc(F)ccc2C1. The van der Waals surface area contributed by atoms with E-state index < -0.39 is 0 Å². The van der Waals surface area contributed by atoms with E-state index in [-0.39, 0.29) is 11.7 Å². The van der Waals surface area contributed by atoms with Gasteiger partial charge in [-0.2, -0.15) is 0 Å². The lowest BCUT2D eigenvalue weighted by Crippen LogP contribution is -2.29. The van der Waals surface area contributed by atoms with Crippen LogP contribution in [0.25, 0.3) is 0 Å². The van der Waals surface area contributed by atoms with Crippen LogP contribution in [0.3, 0.4) is 0 Å². The van der Waals surface area contributed by atoms with Crippen LogP contribution in [0.15, 0.2) is 18.2 Å². The molecule has 1 amide bonds. The van der Waals surface area contributed by atoms with Gasteiger partial charge in [-0.05, 0) is 24.7 Å². The van der Waals surface area contributed by atoms with Gasteiger partial charge < -0.3 is 0 Å². The van der Waals surface area contributed by atoms with E-state index in [1.807, 2.05) is 34.8 Å². The highest BCUT2D eigenvalue weighted by molar-refractivity contribution is 14.1. The Bertz CT molecular complexity index is 410. The second kappa shape index (κ2) is 4.05. The van der Waals surface area contributed by atoms with Crippen molar-refractivity contribution in [3.05, 3.63) is 29.6 Å². The molecule has 0 saturated carbocycles.